The number of rotatable bonds is 7. The van der Waals surface area contributed by atoms with Crippen molar-refractivity contribution in [1.82, 2.24) is 20.4 Å². The highest BCUT2D eigenvalue weighted by Crippen LogP contribution is 2.12. The number of nitrogens with zero attached hydrogens (tertiary/aromatic N) is 3. The van der Waals surface area contributed by atoms with Crippen LogP contribution in [0.5, 0.6) is 0 Å². The third-order valence-electron chi connectivity index (χ3n) is 4.49. The minimum atomic E-state index is 0.567. The van der Waals surface area contributed by atoms with Crippen molar-refractivity contribution in [3.05, 3.63) is 0 Å². The molecule has 0 radical (unpaired) electrons. The van der Waals surface area contributed by atoms with Crippen LogP contribution in [0.4, 0.5) is 0 Å². The van der Waals surface area contributed by atoms with E-state index in [0.29, 0.717) is 12.0 Å². The van der Waals surface area contributed by atoms with Crippen LogP contribution in [0, 0.1) is 11.8 Å². The molecule has 0 aromatic rings. The Kier molecular flexibility index (Phi) is 8.79. The zero-order valence-corrected chi connectivity index (χ0v) is 15.5. The van der Waals surface area contributed by atoms with Gasteiger partial charge in [-0.1, -0.05) is 27.7 Å². The van der Waals surface area contributed by atoms with Gasteiger partial charge in [0.15, 0.2) is 5.96 Å². The van der Waals surface area contributed by atoms with Crippen LogP contribution in [-0.4, -0.2) is 75.2 Å². The van der Waals surface area contributed by atoms with Gasteiger partial charge in [-0.25, -0.2) is 0 Å². The van der Waals surface area contributed by atoms with Gasteiger partial charge in [-0.15, -0.1) is 0 Å². The molecule has 5 heteroatoms. The highest BCUT2D eigenvalue weighted by atomic mass is 15.3. The van der Waals surface area contributed by atoms with Gasteiger partial charge in [0.1, 0.15) is 0 Å². The molecule has 5 nitrogen and oxygen atoms in total. The number of piperazine rings is 1. The van der Waals surface area contributed by atoms with E-state index in [4.69, 9.17) is 0 Å². The largest absolute Gasteiger partial charge is 0.356 e. The van der Waals surface area contributed by atoms with E-state index >= 15 is 0 Å². The maximum Gasteiger partial charge on any atom is 0.191 e. The molecule has 1 heterocycles. The third kappa shape index (κ3) is 6.97. The summed E-state index contributed by atoms with van der Waals surface area (Å²) in [6.07, 6.45) is 1.17. The Labute approximate surface area is 137 Å². The van der Waals surface area contributed by atoms with E-state index in [1.54, 1.807) is 0 Å². The van der Waals surface area contributed by atoms with Crippen LogP contribution in [0.2, 0.25) is 0 Å². The third-order valence-corrected chi connectivity index (χ3v) is 4.49. The molecule has 1 saturated heterocycles. The van der Waals surface area contributed by atoms with Gasteiger partial charge >= 0.3 is 0 Å². The molecule has 0 amide bonds. The molecule has 0 aromatic carbocycles. The zero-order valence-electron chi connectivity index (χ0n) is 15.5. The zero-order chi connectivity index (χ0) is 16.5. The fraction of sp³-hybridized carbons (Fsp3) is 0.941. The van der Waals surface area contributed by atoms with Crippen molar-refractivity contribution in [3.63, 3.8) is 0 Å². The molecule has 2 N–H and O–H groups in total. The normalized spacial score (nSPS) is 19.7. The van der Waals surface area contributed by atoms with Gasteiger partial charge in [0, 0.05) is 52.4 Å². The van der Waals surface area contributed by atoms with E-state index in [2.05, 4.69) is 60.2 Å². The summed E-state index contributed by atoms with van der Waals surface area (Å²) >= 11 is 0. The molecule has 0 aromatic heterocycles. The Hall–Kier alpha value is -0.810. The minimum Gasteiger partial charge on any atom is -0.356 e. The number of hydrogen-bond donors (Lipinski definition) is 2. The molecule has 130 valence electrons. The second-order valence-electron chi connectivity index (χ2n) is 7.21. The van der Waals surface area contributed by atoms with E-state index < -0.39 is 0 Å². The Morgan fingerprint density at radius 3 is 2.18 bits per heavy atom. The lowest BCUT2D eigenvalue weighted by molar-refractivity contribution is 0.0900. The quantitative estimate of drug-likeness (QED) is 0.552. The number of nitrogens with one attached hydrogen (secondary N) is 2. The first kappa shape index (κ1) is 19.2. The predicted molar refractivity (Wildman–Crippen MR) is 96.5 cm³/mol. The first-order valence-electron chi connectivity index (χ1n) is 8.81. The summed E-state index contributed by atoms with van der Waals surface area (Å²) in [4.78, 5) is 9.38. The molecule has 1 aliphatic heterocycles. The predicted octanol–water partition coefficient (Wildman–Crippen LogP) is 1.47. The average molecular weight is 312 g/mol. The molecule has 0 aliphatic carbocycles. The van der Waals surface area contributed by atoms with Crippen LogP contribution in [-0.2, 0) is 0 Å². The maximum absolute atomic E-state index is 4.34. The lowest BCUT2D eigenvalue weighted by atomic mass is 10.0. The van der Waals surface area contributed by atoms with Gasteiger partial charge in [0.25, 0.3) is 0 Å². The highest BCUT2D eigenvalue weighted by Gasteiger charge is 2.24. The first-order valence-corrected chi connectivity index (χ1v) is 8.81. The van der Waals surface area contributed by atoms with Gasteiger partial charge < -0.3 is 15.5 Å². The van der Waals surface area contributed by atoms with Crippen LogP contribution in [0.15, 0.2) is 4.99 Å². The summed E-state index contributed by atoms with van der Waals surface area (Å²) in [6, 6.07) is 0.567. The molecule has 0 spiro atoms. The molecule has 0 saturated carbocycles. The molecule has 0 bridgehead atoms. The average Bonchev–Trinajstić information content (AvgIpc) is 2.46. The lowest BCUT2D eigenvalue weighted by Crippen LogP contribution is -2.55. The van der Waals surface area contributed by atoms with E-state index in [0.717, 1.165) is 25.0 Å². The molecular weight excluding hydrogens is 274 g/mol. The van der Waals surface area contributed by atoms with Crippen LogP contribution in [0.25, 0.3) is 0 Å². The molecule has 1 atom stereocenters. The van der Waals surface area contributed by atoms with Crippen molar-refractivity contribution < 1.29 is 0 Å². The number of guanidine groups is 1. The first-order chi connectivity index (χ1) is 10.4. The van der Waals surface area contributed by atoms with Gasteiger partial charge in [-0.2, -0.15) is 0 Å². The van der Waals surface area contributed by atoms with Crippen molar-refractivity contribution in [1.29, 1.82) is 0 Å². The number of aliphatic imine (C=N–C) groups is 1. The van der Waals surface area contributed by atoms with E-state index in [1.165, 1.54) is 32.6 Å². The Morgan fingerprint density at radius 1 is 1.05 bits per heavy atom. The SMILES string of the molecule is CN=C(NCCC(C)C)NCC(C(C)C)N1CCN(C)CC1. The van der Waals surface area contributed by atoms with Gasteiger partial charge in [0.2, 0.25) is 0 Å². The van der Waals surface area contributed by atoms with Crippen molar-refractivity contribution >= 4 is 5.96 Å². The van der Waals surface area contributed by atoms with Gasteiger partial charge in [-0.05, 0) is 25.3 Å². The summed E-state index contributed by atoms with van der Waals surface area (Å²) in [7, 11) is 4.06. The Morgan fingerprint density at radius 2 is 1.68 bits per heavy atom. The molecule has 1 fully saturated rings. The number of likely N-dealkylation sites (N-methyl/N-ethyl adjacent to an activating group) is 1. The second-order valence-corrected chi connectivity index (χ2v) is 7.21. The van der Waals surface area contributed by atoms with Crippen molar-refractivity contribution in [2.45, 2.75) is 40.2 Å². The summed E-state index contributed by atoms with van der Waals surface area (Å²) in [5.41, 5.74) is 0. The van der Waals surface area contributed by atoms with Crippen molar-refractivity contribution in [2.24, 2.45) is 16.8 Å². The van der Waals surface area contributed by atoms with Gasteiger partial charge in [-0.3, -0.25) is 9.89 Å². The van der Waals surface area contributed by atoms with Crippen molar-refractivity contribution in [2.75, 3.05) is 53.4 Å². The van der Waals surface area contributed by atoms with E-state index in [1.807, 2.05) is 7.05 Å². The Bertz CT molecular complexity index is 319. The summed E-state index contributed by atoms with van der Waals surface area (Å²) in [5.74, 6) is 2.30. The summed E-state index contributed by atoms with van der Waals surface area (Å²) < 4.78 is 0. The number of hydrogen-bond acceptors (Lipinski definition) is 3. The van der Waals surface area contributed by atoms with Crippen LogP contribution in [0.3, 0.4) is 0 Å². The molecule has 1 aliphatic rings. The second kappa shape index (κ2) is 10.1. The maximum atomic E-state index is 4.34. The smallest absolute Gasteiger partial charge is 0.191 e. The molecular formula is C17H37N5. The molecule has 22 heavy (non-hydrogen) atoms. The Balaban J connectivity index is 2.42. The van der Waals surface area contributed by atoms with Crippen LogP contribution in [0.1, 0.15) is 34.1 Å². The molecule has 1 unspecified atom stereocenters. The highest BCUT2D eigenvalue weighted by molar-refractivity contribution is 5.79. The van der Waals surface area contributed by atoms with Gasteiger partial charge in [0.05, 0.1) is 0 Å². The van der Waals surface area contributed by atoms with Crippen LogP contribution < -0.4 is 10.6 Å². The summed E-state index contributed by atoms with van der Waals surface area (Å²) in [6.45, 7) is 15.8. The van der Waals surface area contributed by atoms with E-state index in [-0.39, 0.29) is 0 Å². The fourth-order valence-corrected chi connectivity index (χ4v) is 2.84. The lowest BCUT2D eigenvalue weighted by Gasteiger charge is -2.40. The monoisotopic (exact) mass is 311 g/mol. The summed E-state index contributed by atoms with van der Waals surface area (Å²) in [5, 5.41) is 6.93. The topological polar surface area (TPSA) is 42.9 Å². The van der Waals surface area contributed by atoms with Crippen molar-refractivity contribution in [3.8, 4) is 0 Å². The standard InChI is InChI=1S/C17H37N5/c1-14(2)7-8-19-17(18-5)20-13-16(15(3)4)22-11-9-21(6)10-12-22/h14-16H,7-13H2,1-6H3,(H2,18,19,20). The fourth-order valence-electron chi connectivity index (χ4n) is 2.84. The minimum absolute atomic E-state index is 0.567. The van der Waals surface area contributed by atoms with E-state index in [9.17, 15) is 0 Å². The van der Waals surface area contributed by atoms with Crippen LogP contribution >= 0.6 is 0 Å². The molecule has 1 rings (SSSR count).